The number of allylic oxidation sites excluding steroid dienone is 8. The molecule has 0 aromatic heterocycles. The van der Waals surface area contributed by atoms with Crippen molar-refractivity contribution >= 4 is 15.9 Å². The fourth-order valence-electron chi connectivity index (χ4n) is 1.20. The van der Waals surface area contributed by atoms with E-state index in [2.05, 4.69) is 52.4 Å². The summed E-state index contributed by atoms with van der Waals surface area (Å²) in [5.41, 5.74) is 1.42. The maximum Gasteiger partial charge on any atom is 0.00314 e. The van der Waals surface area contributed by atoms with Gasteiger partial charge in [-0.2, -0.15) is 0 Å². The van der Waals surface area contributed by atoms with Gasteiger partial charge in [-0.3, -0.25) is 0 Å². The predicted molar refractivity (Wildman–Crippen MR) is 63.1 cm³/mol. The molecule has 0 heterocycles. The van der Waals surface area contributed by atoms with Crippen LogP contribution in [0.25, 0.3) is 0 Å². The van der Waals surface area contributed by atoms with Crippen LogP contribution >= 0.6 is 15.9 Å². The van der Waals surface area contributed by atoms with E-state index < -0.39 is 0 Å². The summed E-state index contributed by atoms with van der Waals surface area (Å²) < 4.78 is 0. The van der Waals surface area contributed by atoms with Gasteiger partial charge in [0.05, 0.1) is 0 Å². The van der Waals surface area contributed by atoms with Crippen LogP contribution in [0.3, 0.4) is 0 Å². The minimum Gasteiger partial charge on any atom is -0.0928 e. The summed E-state index contributed by atoms with van der Waals surface area (Å²) >= 11 is 3.44. The molecule has 0 atom stereocenters. The predicted octanol–water partition coefficient (Wildman–Crippen LogP) is 4.16. The van der Waals surface area contributed by atoms with Crippen LogP contribution in [0.15, 0.2) is 48.1 Å². The molecule has 0 saturated carbocycles. The molecule has 0 radical (unpaired) electrons. The number of rotatable bonds is 4. The van der Waals surface area contributed by atoms with Crippen LogP contribution in [0, 0.1) is 0 Å². The minimum absolute atomic E-state index is 1.11. The first-order chi connectivity index (χ1) is 6.43. The van der Waals surface area contributed by atoms with E-state index in [1.54, 1.807) is 0 Å². The third kappa shape index (κ3) is 4.89. The lowest BCUT2D eigenvalue weighted by Crippen LogP contribution is -1.82. The van der Waals surface area contributed by atoms with E-state index in [1.807, 2.05) is 6.08 Å². The Bertz CT molecular complexity index is 244. The second kappa shape index (κ2) is 6.90. The Labute approximate surface area is 88.9 Å². The molecule has 0 spiro atoms. The molecule has 0 aromatic rings. The molecule has 0 fully saturated rings. The van der Waals surface area contributed by atoms with Crippen molar-refractivity contribution in [1.82, 2.24) is 0 Å². The van der Waals surface area contributed by atoms with Gasteiger partial charge in [0.25, 0.3) is 0 Å². The second-order valence-corrected chi connectivity index (χ2v) is 3.81. The molecule has 1 heteroatoms. The van der Waals surface area contributed by atoms with Crippen molar-refractivity contribution in [2.24, 2.45) is 0 Å². The monoisotopic (exact) mass is 238 g/mol. The van der Waals surface area contributed by atoms with Crippen molar-refractivity contribution < 1.29 is 0 Å². The molecule has 0 N–H and O–H groups in total. The number of halogens is 1. The maximum absolute atomic E-state index is 3.44. The number of unbranched alkanes of at least 4 members (excludes halogenated alkanes) is 1. The molecule has 0 unspecified atom stereocenters. The molecule has 1 aliphatic carbocycles. The molecule has 0 aromatic carbocycles. The summed E-state index contributed by atoms with van der Waals surface area (Å²) in [6.45, 7) is 0. The van der Waals surface area contributed by atoms with Crippen molar-refractivity contribution in [2.45, 2.75) is 19.3 Å². The largest absolute Gasteiger partial charge is 0.0928 e. The lowest BCUT2D eigenvalue weighted by Gasteiger charge is -2.00. The summed E-state index contributed by atoms with van der Waals surface area (Å²) in [6, 6.07) is 0. The molecule has 0 amide bonds. The van der Waals surface area contributed by atoms with Gasteiger partial charge in [-0.1, -0.05) is 58.5 Å². The highest BCUT2D eigenvalue weighted by Gasteiger charge is 1.92. The van der Waals surface area contributed by atoms with Crippen LogP contribution in [0.4, 0.5) is 0 Å². The normalized spacial score (nSPS) is 15.3. The molecule has 13 heavy (non-hydrogen) atoms. The average molecular weight is 239 g/mol. The summed E-state index contributed by atoms with van der Waals surface area (Å²) in [6.07, 6.45) is 18.4. The fraction of sp³-hybridized carbons (Fsp3) is 0.333. The molecular weight excluding hydrogens is 224 g/mol. The van der Waals surface area contributed by atoms with Crippen LogP contribution in [-0.4, -0.2) is 5.33 Å². The fourth-order valence-corrected chi connectivity index (χ4v) is 1.59. The van der Waals surface area contributed by atoms with Crippen molar-refractivity contribution in [3.8, 4) is 0 Å². The van der Waals surface area contributed by atoms with Crippen molar-refractivity contribution in [3.63, 3.8) is 0 Å². The highest BCUT2D eigenvalue weighted by molar-refractivity contribution is 9.09. The van der Waals surface area contributed by atoms with E-state index in [0.717, 1.165) is 5.33 Å². The van der Waals surface area contributed by atoms with Gasteiger partial charge >= 0.3 is 0 Å². The van der Waals surface area contributed by atoms with E-state index in [9.17, 15) is 0 Å². The second-order valence-electron chi connectivity index (χ2n) is 3.02. The Morgan fingerprint density at radius 1 is 0.923 bits per heavy atom. The molecule has 0 bridgehead atoms. The van der Waals surface area contributed by atoms with E-state index in [1.165, 1.54) is 24.8 Å². The van der Waals surface area contributed by atoms with Gasteiger partial charge in [-0.25, -0.2) is 0 Å². The third-order valence-electron chi connectivity index (χ3n) is 1.91. The quantitative estimate of drug-likeness (QED) is 0.510. The van der Waals surface area contributed by atoms with E-state index in [-0.39, 0.29) is 0 Å². The van der Waals surface area contributed by atoms with Gasteiger partial charge in [-0.05, 0) is 24.8 Å². The van der Waals surface area contributed by atoms with E-state index in [4.69, 9.17) is 0 Å². The summed E-state index contributed by atoms with van der Waals surface area (Å²) in [5, 5.41) is 1.11. The summed E-state index contributed by atoms with van der Waals surface area (Å²) in [7, 11) is 0. The van der Waals surface area contributed by atoms with Crippen LogP contribution in [-0.2, 0) is 0 Å². The smallest absolute Gasteiger partial charge is 0.00314 e. The maximum atomic E-state index is 3.44. The Morgan fingerprint density at radius 2 is 1.69 bits per heavy atom. The zero-order valence-electron chi connectivity index (χ0n) is 7.75. The zero-order valence-corrected chi connectivity index (χ0v) is 9.33. The van der Waals surface area contributed by atoms with Gasteiger partial charge < -0.3 is 0 Å². The number of alkyl halides is 1. The van der Waals surface area contributed by atoms with Crippen LogP contribution < -0.4 is 0 Å². The molecule has 0 aliphatic heterocycles. The molecular formula is C12H15Br. The molecule has 0 nitrogen and oxygen atoms in total. The van der Waals surface area contributed by atoms with Gasteiger partial charge in [0.2, 0.25) is 0 Å². The first kappa shape index (κ1) is 10.5. The number of hydrogen-bond acceptors (Lipinski definition) is 0. The lowest BCUT2D eigenvalue weighted by molar-refractivity contribution is 0.809. The Kier molecular flexibility index (Phi) is 5.59. The van der Waals surface area contributed by atoms with Crippen LogP contribution in [0.1, 0.15) is 19.3 Å². The van der Waals surface area contributed by atoms with Gasteiger partial charge in [0.1, 0.15) is 0 Å². The van der Waals surface area contributed by atoms with Crippen LogP contribution in [0.2, 0.25) is 0 Å². The standard InChI is InChI=1S/C12H15Br/c13-11-7-6-10-12-8-4-2-1-3-5-9-12/h1-5,8-9H,6-7,10-11H2. The van der Waals surface area contributed by atoms with Gasteiger partial charge in [0.15, 0.2) is 0 Å². The average Bonchev–Trinajstić information content (AvgIpc) is 2.08. The Hall–Kier alpha value is -0.560. The van der Waals surface area contributed by atoms with E-state index in [0.29, 0.717) is 0 Å². The SMILES string of the molecule is BrCCCCC1=CC=CC=CC=C1. The zero-order chi connectivity index (χ0) is 9.36. The first-order valence-electron chi connectivity index (χ1n) is 4.70. The van der Waals surface area contributed by atoms with Crippen molar-refractivity contribution in [1.29, 1.82) is 0 Å². The van der Waals surface area contributed by atoms with Gasteiger partial charge in [-0.15, -0.1) is 0 Å². The molecule has 1 rings (SSSR count). The Morgan fingerprint density at radius 3 is 2.54 bits per heavy atom. The van der Waals surface area contributed by atoms with Gasteiger partial charge in [0, 0.05) is 5.33 Å². The highest BCUT2D eigenvalue weighted by atomic mass is 79.9. The first-order valence-corrected chi connectivity index (χ1v) is 5.82. The minimum atomic E-state index is 1.11. The summed E-state index contributed by atoms with van der Waals surface area (Å²) in [4.78, 5) is 0. The van der Waals surface area contributed by atoms with Crippen LogP contribution in [0.5, 0.6) is 0 Å². The lowest BCUT2D eigenvalue weighted by atomic mass is 10.1. The Balaban J connectivity index is 2.39. The van der Waals surface area contributed by atoms with Crippen molar-refractivity contribution in [3.05, 3.63) is 48.1 Å². The topological polar surface area (TPSA) is 0 Å². The van der Waals surface area contributed by atoms with E-state index >= 15 is 0 Å². The highest BCUT2D eigenvalue weighted by Crippen LogP contribution is 2.11. The van der Waals surface area contributed by atoms with Crippen molar-refractivity contribution in [2.75, 3.05) is 5.33 Å². The molecule has 1 aliphatic rings. The molecule has 70 valence electrons. The number of hydrogen-bond donors (Lipinski definition) is 0. The third-order valence-corrected chi connectivity index (χ3v) is 2.47. The summed E-state index contributed by atoms with van der Waals surface area (Å²) in [5.74, 6) is 0. The molecule has 0 saturated heterocycles.